The fourth-order valence-corrected chi connectivity index (χ4v) is 4.77. The molecule has 0 bridgehead atoms. The molecular formula is C20H24ClN3O3S. The van der Waals surface area contributed by atoms with Gasteiger partial charge >= 0.3 is 0 Å². The minimum Gasteiger partial charge on any atom is -0.323 e. The monoisotopic (exact) mass is 421 g/mol. The Labute approximate surface area is 170 Å². The fourth-order valence-electron chi connectivity index (χ4n) is 3.26. The fraction of sp³-hybridized carbons (Fsp3) is 0.350. The molecule has 3 rings (SSSR count). The number of nitrogens with one attached hydrogen (secondary N) is 2. The lowest BCUT2D eigenvalue weighted by atomic mass is 10.0. The number of piperidine rings is 1. The van der Waals surface area contributed by atoms with Crippen molar-refractivity contribution in [3.8, 4) is 0 Å². The van der Waals surface area contributed by atoms with Gasteiger partial charge in [-0.15, -0.1) is 0 Å². The summed E-state index contributed by atoms with van der Waals surface area (Å²) in [4.78, 5) is 14.9. The van der Waals surface area contributed by atoms with E-state index in [0.29, 0.717) is 36.6 Å². The number of hydrogen-bond acceptors (Lipinski definition) is 4. The van der Waals surface area contributed by atoms with E-state index in [4.69, 9.17) is 11.6 Å². The Balaban J connectivity index is 1.53. The van der Waals surface area contributed by atoms with Crippen LogP contribution in [0.1, 0.15) is 19.8 Å². The van der Waals surface area contributed by atoms with Crippen LogP contribution in [0.5, 0.6) is 0 Å². The number of benzene rings is 2. The molecule has 8 heteroatoms. The molecule has 1 aliphatic rings. The van der Waals surface area contributed by atoms with Gasteiger partial charge in [0.15, 0.2) is 0 Å². The molecule has 1 heterocycles. The molecule has 1 aliphatic heterocycles. The van der Waals surface area contributed by atoms with Crippen molar-refractivity contribution in [1.82, 2.24) is 9.62 Å². The Hall–Kier alpha value is -1.93. The van der Waals surface area contributed by atoms with Gasteiger partial charge in [-0.25, -0.2) is 13.1 Å². The lowest BCUT2D eigenvalue weighted by molar-refractivity contribution is -0.121. The number of amides is 1. The quantitative estimate of drug-likeness (QED) is 0.751. The number of halogens is 1. The molecule has 1 saturated heterocycles. The summed E-state index contributed by atoms with van der Waals surface area (Å²) in [6, 6.07) is 15.0. The van der Waals surface area contributed by atoms with E-state index in [2.05, 4.69) is 14.9 Å². The molecule has 150 valence electrons. The predicted molar refractivity (Wildman–Crippen MR) is 111 cm³/mol. The maximum Gasteiger partial charge on any atom is 0.241 e. The smallest absolute Gasteiger partial charge is 0.241 e. The van der Waals surface area contributed by atoms with Gasteiger partial charge in [0.2, 0.25) is 15.9 Å². The summed E-state index contributed by atoms with van der Waals surface area (Å²) in [6.45, 7) is 3.12. The maximum absolute atomic E-state index is 12.5. The first-order valence-corrected chi connectivity index (χ1v) is 11.1. The van der Waals surface area contributed by atoms with E-state index >= 15 is 0 Å². The van der Waals surface area contributed by atoms with Crippen LogP contribution in [0.4, 0.5) is 5.69 Å². The number of likely N-dealkylation sites (tertiary alicyclic amines) is 1. The van der Waals surface area contributed by atoms with Gasteiger partial charge in [-0.2, -0.15) is 0 Å². The number of nitrogens with zero attached hydrogens (tertiary/aromatic N) is 1. The van der Waals surface area contributed by atoms with E-state index in [1.807, 2.05) is 19.1 Å². The minimum atomic E-state index is -3.52. The summed E-state index contributed by atoms with van der Waals surface area (Å²) in [6.07, 6.45) is 1.30. The SMILES string of the molecule is CC(C(=O)Nc1ccccc1Cl)N1CCC(NS(=O)(=O)c2ccccc2)CC1. The van der Waals surface area contributed by atoms with Gasteiger partial charge in [-0.1, -0.05) is 41.9 Å². The first-order chi connectivity index (χ1) is 13.4. The van der Waals surface area contributed by atoms with Crippen LogP contribution < -0.4 is 10.0 Å². The molecule has 1 fully saturated rings. The summed E-state index contributed by atoms with van der Waals surface area (Å²) < 4.78 is 27.7. The van der Waals surface area contributed by atoms with Crippen LogP contribution in [0.3, 0.4) is 0 Å². The number of anilines is 1. The standard InChI is InChI=1S/C20H24ClN3O3S/c1-15(20(25)22-19-10-6-5-9-18(19)21)24-13-11-16(12-14-24)23-28(26,27)17-7-3-2-4-8-17/h2-10,15-16,23H,11-14H2,1H3,(H,22,25). The van der Waals surface area contributed by atoms with Crippen molar-refractivity contribution in [2.24, 2.45) is 0 Å². The molecular weight excluding hydrogens is 398 g/mol. The first kappa shape index (κ1) is 20.8. The second-order valence-electron chi connectivity index (χ2n) is 6.89. The van der Waals surface area contributed by atoms with Gasteiger partial charge in [-0.05, 0) is 44.0 Å². The van der Waals surface area contributed by atoms with Crippen LogP contribution in [0.15, 0.2) is 59.5 Å². The van der Waals surface area contributed by atoms with Crippen molar-refractivity contribution in [3.05, 3.63) is 59.6 Å². The van der Waals surface area contributed by atoms with E-state index in [0.717, 1.165) is 0 Å². The van der Waals surface area contributed by atoms with Gasteiger partial charge in [0.25, 0.3) is 0 Å². The molecule has 0 spiro atoms. The minimum absolute atomic E-state index is 0.128. The van der Waals surface area contributed by atoms with E-state index < -0.39 is 10.0 Å². The summed E-state index contributed by atoms with van der Waals surface area (Å²) in [7, 11) is -3.52. The Morgan fingerprint density at radius 2 is 1.68 bits per heavy atom. The van der Waals surface area contributed by atoms with Crippen molar-refractivity contribution < 1.29 is 13.2 Å². The molecule has 0 aliphatic carbocycles. The largest absolute Gasteiger partial charge is 0.323 e. The van der Waals surface area contributed by atoms with E-state index in [9.17, 15) is 13.2 Å². The van der Waals surface area contributed by atoms with Crippen molar-refractivity contribution in [2.75, 3.05) is 18.4 Å². The Morgan fingerprint density at radius 3 is 2.32 bits per heavy atom. The van der Waals surface area contributed by atoms with E-state index in [1.54, 1.807) is 42.5 Å². The summed E-state index contributed by atoms with van der Waals surface area (Å²) in [5, 5.41) is 3.35. The molecule has 0 aromatic heterocycles. The van der Waals surface area contributed by atoms with Crippen LogP contribution in [-0.2, 0) is 14.8 Å². The van der Waals surface area contributed by atoms with Crippen LogP contribution >= 0.6 is 11.6 Å². The topological polar surface area (TPSA) is 78.5 Å². The molecule has 2 aromatic carbocycles. The van der Waals surface area contributed by atoms with E-state index in [-0.39, 0.29) is 22.9 Å². The highest BCUT2D eigenvalue weighted by atomic mass is 35.5. The Morgan fingerprint density at radius 1 is 1.07 bits per heavy atom. The molecule has 0 radical (unpaired) electrons. The maximum atomic E-state index is 12.5. The zero-order chi connectivity index (χ0) is 20.1. The highest BCUT2D eigenvalue weighted by Crippen LogP contribution is 2.22. The zero-order valence-electron chi connectivity index (χ0n) is 15.6. The van der Waals surface area contributed by atoms with Crippen molar-refractivity contribution >= 4 is 33.2 Å². The Kier molecular flexibility index (Phi) is 6.72. The molecule has 28 heavy (non-hydrogen) atoms. The van der Waals surface area contributed by atoms with E-state index in [1.165, 1.54) is 0 Å². The average molecular weight is 422 g/mol. The van der Waals surface area contributed by atoms with Crippen LogP contribution in [0.2, 0.25) is 5.02 Å². The highest BCUT2D eigenvalue weighted by molar-refractivity contribution is 7.89. The summed E-state index contributed by atoms with van der Waals surface area (Å²) in [5.41, 5.74) is 0.589. The molecule has 0 saturated carbocycles. The molecule has 2 aromatic rings. The number of carbonyl (C=O) groups excluding carboxylic acids is 1. The van der Waals surface area contributed by atoms with Crippen LogP contribution in [-0.4, -0.2) is 44.4 Å². The zero-order valence-corrected chi connectivity index (χ0v) is 17.2. The van der Waals surface area contributed by atoms with Crippen molar-refractivity contribution in [1.29, 1.82) is 0 Å². The highest BCUT2D eigenvalue weighted by Gasteiger charge is 2.29. The first-order valence-electron chi connectivity index (χ1n) is 9.23. The average Bonchev–Trinajstić information content (AvgIpc) is 2.70. The third-order valence-electron chi connectivity index (χ3n) is 4.96. The number of para-hydroxylation sites is 1. The van der Waals surface area contributed by atoms with Gasteiger partial charge in [0.1, 0.15) is 0 Å². The predicted octanol–water partition coefficient (Wildman–Crippen LogP) is 3.11. The molecule has 1 atom stereocenters. The van der Waals surface area contributed by atoms with Gasteiger partial charge in [0, 0.05) is 19.1 Å². The van der Waals surface area contributed by atoms with Gasteiger partial charge in [-0.3, -0.25) is 9.69 Å². The van der Waals surface area contributed by atoms with Crippen molar-refractivity contribution in [3.63, 3.8) is 0 Å². The number of sulfonamides is 1. The lowest BCUT2D eigenvalue weighted by Crippen LogP contribution is -2.50. The second-order valence-corrected chi connectivity index (χ2v) is 9.01. The van der Waals surface area contributed by atoms with Gasteiger partial charge in [0.05, 0.1) is 21.6 Å². The van der Waals surface area contributed by atoms with Gasteiger partial charge < -0.3 is 5.32 Å². The molecule has 1 amide bonds. The second kappa shape index (κ2) is 9.05. The van der Waals surface area contributed by atoms with Crippen molar-refractivity contribution in [2.45, 2.75) is 36.7 Å². The third-order valence-corrected chi connectivity index (χ3v) is 6.83. The number of carbonyl (C=O) groups is 1. The molecule has 2 N–H and O–H groups in total. The molecule has 6 nitrogen and oxygen atoms in total. The Bertz CT molecular complexity index is 913. The number of hydrogen-bond donors (Lipinski definition) is 2. The summed E-state index contributed by atoms with van der Waals surface area (Å²) in [5.74, 6) is -0.128. The lowest BCUT2D eigenvalue weighted by Gasteiger charge is -2.35. The van der Waals surface area contributed by atoms with Crippen LogP contribution in [0, 0.1) is 0 Å². The third kappa shape index (κ3) is 5.11. The summed E-state index contributed by atoms with van der Waals surface area (Å²) >= 11 is 6.10. The normalized spacial score (nSPS) is 17.2. The van der Waals surface area contributed by atoms with Crippen LogP contribution in [0.25, 0.3) is 0 Å². The number of rotatable bonds is 6. The molecule has 1 unspecified atom stereocenters.